The first-order valence-electron chi connectivity index (χ1n) is 7.15. The highest BCUT2D eigenvalue weighted by molar-refractivity contribution is 9.10. The number of hydrogen-bond donors (Lipinski definition) is 1. The maximum Gasteiger partial charge on any atom is 0.120 e. The minimum absolute atomic E-state index is 0.435. The lowest BCUT2D eigenvalue weighted by molar-refractivity contribution is 0.339. The van der Waals surface area contributed by atoms with Gasteiger partial charge in [0.05, 0.1) is 6.61 Å². The zero-order valence-electron chi connectivity index (χ0n) is 12.3. The lowest BCUT2D eigenvalue weighted by atomic mass is 9.97. The number of benzene rings is 1. The summed E-state index contributed by atoms with van der Waals surface area (Å²) in [7, 11) is 0. The number of nitrogens with one attached hydrogen (secondary N) is 1. The summed E-state index contributed by atoms with van der Waals surface area (Å²) in [6, 6.07) is 6.78. The quantitative estimate of drug-likeness (QED) is 0.828. The van der Waals surface area contributed by atoms with Gasteiger partial charge in [-0.3, -0.25) is 0 Å². The van der Waals surface area contributed by atoms with Crippen molar-refractivity contribution in [3.8, 4) is 5.75 Å². The van der Waals surface area contributed by atoms with E-state index in [0.717, 1.165) is 22.7 Å². The molecule has 0 amide bonds. The Kier molecular flexibility index (Phi) is 4.57. The first kappa shape index (κ1) is 14.9. The Morgan fingerprint density at radius 2 is 2.11 bits per heavy atom. The standard InChI is InChI=1S/C16H24BrNO/c1-5-18-15(13-10-16(13,3)4)12-8-7-11(19-6-2)9-14(12)17/h7-9,13,15,18H,5-6,10H2,1-4H3. The normalized spacial score (nSPS) is 22.1. The molecule has 3 heteroatoms. The summed E-state index contributed by atoms with van der Waals surface area (Å²) in [4.78, 5) is 0. The van der Waals surface area contributed by atoms with Crippen LogP contribution in [0, 0.1) is 11.3 Å². The second-order valence-electron chi connectivity index (χ2n) is 5.95. The van der Waals surface area contributed by atoms with Gasteiger partial charge in [0.25, 0.3) is 0 Å². The zero-order chi connectivity index (χ0) is 14.0. The topological polar surface area (TPSA) is 21.3 Å². The number of ether oxygens (including phenoxy) is 1. The van der Waals surface area contributed by atoms with E-state index in [9.17, 15) is 0 Å². The minimum Gasteiger partial charge on any atom is -0.494 e. The van der Waals surface area contributed by atoms with E-state index in [-0.39, 0.29) is 0 Å². The maximum absolute atomic E-state index is 5.55. The van der Waals surface area contributed by atoms with Crippen LogP contribution in [0.5, 0.6) is 5.75 Å². The van der Waals surface area contributed by atoms with Crippen molar-refractivity contribution >= 4 is 15.9 Å². The first-order valence-corrected chi connectivity index (χ1v) is 7.94. The molecular weight excluding hydrogens is 302 g/mol. The number of hydrogen-bond acceptors (Lipinski definition) is 2. The van der Waals surface area contributed by atoms with Gasteiger partial charge in [-0.05, 0) is 48.9 Å². The molecule has 19 heavy (non-hydrogen) atoms. The molecule has 2 rings (SSSR count). The van der Waals surface area contributed by atoms with Gasteiger partial charge < -0.3 is 10.1 Å². The van der Waals surface area contributed by atoms with Crippen molar-refractivity contribution in [1.82, 2.24) is 5.32 Å². The Balaban J connectivity index is 2.22. The second-order valence-corrected chi connectivity index (χ2v) is 6.81. The zero-order valence-corrected chi connectivity index (χ0v) is 13.9. The molecule has 2 atom stereocenters. The summed E-state index contributed by atoms with van der Waals surface area (Å²) in [6.07, 6.45) is 1.30. The Morgan fingerprint density at radius 1 is 1.42 bits per heavy atom. The fourth-order valence-corrected chi connectivity index (χ4v) is 3.39. The van der Waals surface area contributed by atoms with Gasteiger partial charge in [-0.1, -0.05) is 42.8 Å². The van der Waals surface area contributed by atoms with Gasteiger partial charge >= 0.3 is 0 Å². The monoisotopic (exact) mass is 325 g/mol. The summed E-state index contributed by atoms with van der Waals surface area (Å²) in [6.45, 7) is 10.6. The van der Waals surface area contributed by atoms with Gasteiger partial charge in [-0.25, -0.2) is 0 Å². The number of rotatable bonds is 6. The molecule has 2 nitrogen and oxygen atoms in total. The molecule has 1 aliphatic rings. The number of halogens is 1. The molecule has 106 valence electrons. The average Bonchev–Trinajstić information content (AvgIpc) is 2.96. The molecule has 1 aromatic carbocycles. The molecule has 0 aliphatic heterocycles. The molecule has 0 heterocycles. The molecule has 0 saturated heterocycles. The highest BCUT2D eigenvalue weighted by Crippen LogP contribution is 2.58. The summed E-state index contributed by atoms with van der Waals surface area (Å²) in [5.41, 5.74) is 1.81. The Morgan fingerprint density at radius 3 is 2.58 bits per heavy atom. The van der Waals surface area contributed by atoms with Crippen molar-refractivity contribution in [2.75, 3.05) is 13.2 Å². The molecule has 0 spiro atoms. The van der Waals surface area contributed by atoms with Gasteiger partial charge in [0, 0.05) is 10.5 Å². The predicted molar refractivity (Wildman–Crippen MR) is 83.6 cm³/mol. The molecule has 1 aliphatic carbocycles. The van der Waals surface area contributed by atoms with Crippen molar-refractivity contribution in [3.63, 3.8) is 0 Å². The van der Waals surface area contributed by atoms with Crippen molar-refractivity contribution in [2.24, 2.45) is 11.3 Å². The third-order valence-corrected chi connectivity index (χ3v) is 4.72. The maximum atomic E-state index is 5.55. The Bertz CT molecular complexity index is 444. The molecule has 0 bridgehead atoms. The fourth-order valence-electron chi connectivity index (χ4n) is 2.78. The summed E-state index contributed by atoms with van der Waals surface area (Å²) in [5.74, 6) is 1.66. The highest BCUT2D eigenvalue weighted by atomic mass is 79.9. The van der Waals surface area contributed by atoms with Crippen LogP contribution in [-0.4, -0.2) is 13.2 Å². The first-order chi connectivity index (χ1) is 8.99. The predicted octanol–water partition coefficient (Wildman–Crippen LogP) is 4.54. The van der Waals surface area contributed by atoms with Crippen molar-refractivity contribution in [1.29, 1.82) is 0 Å². The van der Waals surface area contributed by atoms with Gasteiger partial charge in [-0.15, -0.1) is 0 Å². The molecule has 1 aromatic rings. The van der Waals surface area contributed by atoms with Crippen LogP contribution in [0.25, 0.3) is 0 Å². The second kappa shape index (κ2) is 5.84. The van der Waals surface area contributed by atoms with Crippen LogP contribution < -0.4 is 10.1 Å². The molecular formula is C16H24BrNO. The van der Waals surface area contributed by atoms with E-state index in [4.69, 9.17) is 4.74 Å². The van der Waals surface area contributed by atoms with E-state index >= 15 is 0 Å². The SMILES string of the molecule is CCNC(c1ccc(OCC)cc1Br)C1CC1(C)C. The van der Waals surface area contributed by atoms with Gasteiger partial charge in [-0.2, -0.15) is 0 Å². The molecule has 1 N–H and O–H groups in total. The lowest BCUT2D eigenvalue weighted by Gasteiger charge is -2.22. The molecule has 2 unspecified atom stereocenters. The summed E-state index contributed by atoms with van der Waals surface area (Å²) < 4.78 is 6.69. The van der Waals surface area contributed by atoms with Crippen LogP contribution in [0.4, 0.5) is 0 Å². The third-order valence-electron chi connectivity index (χ3n) is 4.03. The molecule has 0 radical (unpaired) electrons. The van der Waals surface area contributed by atoms with Gasteiger partial charge in [0.15, 0.2) is 0 Å². The smallest absolute Gasteiger partial charge is 0.120 e. The highest BCUT2D eigenvalue weighted by Gasteiger charge is 2.50. The molecule has 0 aromatic heterocycles. The summed E-state index contributed by atoms with van der Waals surface area (Å²) >= 11 is 3.70. The summed E-state index contributed by atoms with van der Waals surface area (Å²) in [5, 5.41) is 3.64. The average molecular weight is 326 g/mol. The molecule has 1 saturated carbocycles. The Labute approximate surface area is 125 Å². The van der Waals surface area contributed by atoms with Gasteiger partial charge in [0.2, 0.25) is 0 Å². The Hall–Kier alpha value is -0.540. The van der Waals surface area contributed by atoms with E-state index in [1.54, 1.807) is 0 Å². The van der Waals surface area contributed by atoms with Crippen LogP contribution in [0.3, 0.4) is 0 Å². The van der Waals surface area contributed by atoms with E-state index in [1.807, 2.05) is 6.92 Å². The van der Waals surface area contributed by atoms with Crippen LogP contribution in [-0.2, 0) is 0 Å². The van der Waals surface area contributed by atoms with E-state index in [1.165, 1.54) is 12.0 Å². The van der Waals surface area contributed by atoms with Crippen molar-refractivity contribution in [2.45, 2.75) is 40.2 Å². The minimum atomic E-state index is 0.435. The van der Waals surface area contributed by atoms with E-state index < -0.39 is 0 Å². The van der Waals surface area contributed by atoms with Crippen LogP contribution in [0.15, 0.2) is 22.7 Å². The van der Waals surface area contributed by atoms with E-state index in [2.05, 4.69) is 60.2 Å². The van der Waals surface area contributed by atoms with Crippen LogP contribution in [0.2, 0.25) is 0 Å². The van der Waals surface area contributed by atoms with Crippen molar-refractivity contribution < 1.29 is 4.74 Å². The largest absolute Gasteiger partial charge is 0.494 e. The molecule has 1 fully saturated rings. The van der Waals surface area contributed by atoms with Crippen molar-refractivity contribution in [3.05, 3.63) is 28.2 Å². The van der Waals surface area contributed by atoms with Gasteiger partial charge in [0.1, 0.15) is 5.75 Å². The van der Waals surface area contributed by atoms with E-state index in [0.29, 0.717) is 18.1 Å². The van der Waals surface area contributed by atoms with Crippen LogP contribution >= 0.6 is 15.9 Å². The third kappa shape index (κ3) is 3.32. The lowest BCUT2D eigenvalue weighted by Crippen LogP contribution is -2.24. The van der Waals surface area contributed by atoms with Crippen LogP contribution in [0.1, 0.15) is 45.7 Å². The fraction of sp³-hybridized carbons (Fsp3) is 0.625.